The van der Waals surface area contributed by atoms with Gasteiger partial charge in [0.05, 0.1) is 23.3 Å². The van der Waals surface area contributed by atoms with Crippen molar-refractivity contribution in [3.63, 3.8) is 0 Å². The van der Waals surface area contributed by atoms with Gasteiger partial charge in [0.15, 0.2) is 0 Å². The van der Waals surface area contributed by atoms with Gasteiger partial charge in [0.1, 0.15) is 17.3 Å². The zero-order chi connectivity index (χ0) is 23.8. The summed E-state index contributed by atoms with van der Waals surface area (Å²) in [5.41, 5.74) is -0.552. The zero-order valence-corrected chi connectivity index (χ0v) is 17.9. The summed E-state index contributed by atoms with van der Waals surface area (Å²) in [5.74, 6) is -1.15. The van der Waals surface area contributed by atoms with Gasteiger partial charge in [0.2, 0.25) is 5.88 Å². The molecule has 1 fully saturated rings. The number of carbonyl (C=O) groups excluding carboxylic acids is 1. The maximum Gasteiger partial charge on any atom is 0.417 e. The van der Waals surface area contributed by atoms with Gasteiger partial charge < -0.3 is 14.8 Å². The number of anilines is 1. The van der Waals surface area contributed by atoms with Crippen LogP contribution in [-0.4, -0.2) is 18.0 Å². The Kier molecular flexibility index (Phi) is 6.16. The number of pyridine rings is 1. The lowest BCUT2D eigenvalue weighted by molar-refractivity contribution is -0.137. The summed E-state index contributed by atoms with van der Waals surface area (Å²) < 4.78 is 65.0. The number of halogens is 5. The van der Waals surface area contributed by atoms with Crippen LogP contribution in [0.1, 0.15) is 40.2 Å². The standard InChI is InChI=1S/C23H17ClF4N2O3/c1-32-21-9-14(6-7-29-21)30-22(31)16-10-18(24)17(23(26,27)28)11-20(16)33-19-5-4-13(25)8-15(19)12-2-3-12/h4-12H,2-3H2,1H3,(H,29,30,31). The first-order valence-electron chi connectivity index (χ1n) is 9.85. The molecule has 10 heteroatoms. The number of amides is 1. The molecule has 0 aliphatic heterocycles. The summed E-state index contributed by atoms with van der Waals surface area (Å²) in [6, 6.07) is 8.26. The van der Waals surface area contributed by atoms with E-state index in [9.17, 15) is 22.4 Å². The molecule has 1 aromatic heterocycles. The highest BCUT2D eigenvalue weighted by molar-refractivity contribution is 6.32. The number of hydrogen-bond donors (Lipinski definition) is 1. The molecule has 1 aliphatic rings. The predicted molar refractivity (Wildman–Crippen MR) is 114 cm³/mol. The molecule has 1 heterocycles. The van der Waals surface area contributed by atoms with Crippen molar-refractivity contribution in [3.05, 3.63) is 76.2 Å². The SMILES string of the molecule is COc1cc(NC(=O)c2cc(Cl)c(C(F)(F)F)cc2Oc2ccc(F)cc2C2CC2)ccn1. The van der Waals surface area contributed by atoms with Crippen molar-refractivity contribution < 1.29 is 31.8 Å². The number of nitrogens with one attached hydrogen (secondary N) is 1. The largest absolute Gasteiger partial charge is 0.481 e. The van der Waals surface area contributed by atoms with Crippen LogP contribution < -0.4 is 14.8 Å². The van der Waals surface area contributed by atoms with E-state index >= 15 is 0 Å². The minimum atomic E-state index is -4.77. The third-order valence-electron chi connectivity index (χ3n) is 5.03. The number of hydrogen-bond acceptors (Lipinski definition) is 4. The summed E-state index contributed by atoms with van der Waals surface area (Å²) in [7, 11) is 1.40. The van der Waals surface area contributed by atoms with Gasteiger partial charge in [-0.05, 0) is 55.2 Å². The van der Waals surface area contributed by atoms with Crippen LogP contribution in [0, 0.1) is 5.82 Å². The first-order valence-corrected chi connectivity index (χ1v) is 10.2. The second-order valence-corrected chi connectivity index (χ2v) is 7.83. The number of carbonyl (C=O) groups is 1. The van der Waals surface area contributed by atoms with Gasteiger partial charge in [0.25, 0.3) is 5.91 Å². The van der Waals surface area contributed by atoms with Crippen LogP contribution in [0.5, 0.6) is 17.4 Å². The predicted octanol–water partition coefficient (Wildman–Crippen LogP) is 6.82. The van der Waals surface area contributed by atoms with E-state index in [0.29, 0.717) is 17.3 Å². The fourth-order valence-electron chi connectivity index (χ4n) is 3.27. The molecule has 0 bridgehead atoms. The lowest BCUT2D eigenvalue weighted by Crippen LogP contribution is -2.15. The fraction of sp³-hybridized carbons (Fsp3) is 0.217. The van der Waals surface area contributed by atoms with Crippen LogP contribution in [-0.2, 0) is 6.18 Å². The molecule has 0 radical (unpaired) electrons. The van der Waals surface area contributed by atoms with Gasteiger partial charge in [-0.2, -0.15) is 13.2 Å². The number of methoxy groups -OCH3 is 1. The molecule has 3 aromatic rings. The molecule has 1 aliphatic carbocycles. The molecule has 172 valence electrons. The molecule has 0 saturated heterocycles. The Balaban J connectivity index is 1.75. The van der Waals surface area contributed by atoms with Gasteiger partial charge in [0, 0.05) is 23.5 Å². The van der Waals surface area contributed by atoms with Gasteiger partial charge in [-0.1, -0.05) is 11.6 Å². The van der Waals surface area contributed by atoms with Crippen molar-refractivity contribution in [1.29, 1.82) is 0 Å². The smallest absolute Gasteiger partial charge is 0.417 e. The highest BCUT2D eigenvalue weighted by atomic mass is 35.5. The molecule has 1 saturated carbocycles. The Hall–Kier alpha value is -3.33. The third kappa shape index (κ3) is 5.19. The van der Waals surface area contributed by atoms with Crippen LogP contribution in [0.15, 0.2) is 48.7 Å². The monoisotopic (exact) mass is 480 g/mol. The number of aromatic nitrogens is 1. The van der Waals surface area contributed by atoms with E-state index < -0.39 is 28.5 Å². The Bertz CT molecular complexity index is 1210. The Morgan fingerprint density at radius 3 is 2.55 bits per heavy atom. The lowest BCUT2D eigenvalue weighted by atomic mass is 10.1. The minimum Gasteiger partial charge on any atom is -0.481 e. The molecular formula is C23H17ClF4N2O3. The first-order chi connectivity index (χ1) is 15.7. The highest BCUT2D eigenvalue weighted by Crippen LogP contribution is 2.46. The molecular weight excluding hydrogens is 464 g/mol. The van der Waals surface area contributed by atoms with E-state index in [1.54, 1.807) is 0 Å². The third-order valence-corrected chi connectivity index (χ3v) is 5.34. The van der Waals surface area contributed by atoms with Crippen molar-refractivity contribution in [2.45, 2.75) is 24.9 Å². The van der Waals surface area contributed by atoms with Gasteiger partial charge in [-0.15, -0.1) is 0 Å². The maximum absolute atomic E-state index is 13.8. The van der Waals surface area contributed by atoms with E-state index in [0.717, 1.165) is 25.0 Å². The molecule has 2 aromatic carbocycles. The Morgan fingerprint density at radius 1 is 1.12 bits per heavy atom. The van der Waals surface area contributed by atoms with Crippen LogP contribution >= 0.6 is 11.6 Å². The van der Waals surface area contributed by atoms with Crippen molar-refractivity contribution >= 4 is 23.2 Å². The Labute approximate surface area is 191 Å². The average molecular weight is 481 g/mol. The second-order valence-electron chi connectivity index (χ2n) is 7.43. The number of nitrogens with zero attached hydrogens (tertiary/aromatic N) is 1. The van der Waals surface area contributed by atoms with Crippen molar-refractivity contribution in [1.82, 2.24) is 4.98 Å². The highest BCUT2D eigenvalue weighted by Gasteiger charge is 2.36. The number of benzene rings is 2. The van der Waals surface area contributed by atoms with Crippen LogP contribution in [0.25, 0.3) is 0 Å². The number of rotatable bonds is 6. The van der Waals surface area contributed by atoms with Crippen LogP contribution in [0.2, 0.25) is 5.02 Å². The zero-order valence-electron chi connectivity index (χ0n) is 17.2. The van der Waals surface area contributed by atoms with E-state index in [4.69, 9.17) is 21.1 Å². The first kappa shape index (κ1) is 22.8. The normalized spacial score (nSPS) is 13.5. The quantitative estimate of drug-likeness (QED) is 0.393. The van der Waals surface area contributed by atoms with Crippen molar-refractivity contribution in [3.8, 4) is 17.4 Å². The van der Waals surface area contributed by atoms with Crippen molar-refractivity contribution in [2.24, 2.45) is 0 Å². The van der Waals surface area contributed by atoms with E-state index in [-0.39, 0.29) is 28.9 Å². The second kappa shape index (κ2) is 8.90. The average Bonchev–Trinajstić information content (AvgIpc) is 3.60. The molecule has 33 heavy (non-hydrogen) atoms. The van der Waals surface area contributed by atoms with Gasteiger partial charge in [-0.25, -0.2) is 9.37 Å². The molecule has 4 rings (SSSR count). The molecule has 0 atom stereocenters. The molecule has 0 spiro atoms. The lowest BCUT2D eigenvalue weighted by Gasteiger charge is -2.17. The maximum atomic E-state index is 13.8. The van der Waals surface area contributed by atoms with E-state index in [1.807, 2.05) is 0 Å². The summed E-state index contributed by atoms with van der Waals surface area (Å²) >= 11 is 5.86. The van der Waals surface area contributed by atoms with Crippen LogP contribution in [0.4, 0.5) is 23.2 Å². The summed E-state index contributed by atoms with van der Waals surface area (Å²) in [4.78, 5) is 16.9. The van der Waals surface area contributed by atoms with E-state index in [2.05, 4.69) is 10.3 Å². The summed E-state index contributed by atoms with van der Waals surface area (Å²) in [5, 5.41) is 1.91. The van der Waals surface area contributed by atoms with Gasteiger partial charge in [-0.3, -0.25) is 4.79 Å². The molecule has 1 N–H and O–H groups in total. The number of ether oxygens (including phenoxy) is 2. The van der Waals surface area contributed by atoms with Crippen molar-refractivity contribution in [2.75, 3.05) is 12.4 Å². The van der Waals surface area contributed by atoms with Gasteiger partial charge >= 0.3 is 6.18 Å². The van der Waals surface area contributed by atoms with E-state index in [1.165, 1.54) is 37.6 Å². The minimum absolute atomic E-state index is 0.0478. The van der Waals surface area contributed by atoms with Crippen LogP contribution in [0.3, 0.4) is 0 Å². The Morgan fingerprint density at radius 2 is 1.88 bits per heavy atom. The number of alkyl halides is 3. The molecule has 0 unspecified atom stereocenters. The summed E-state index contributed by atoms with van der Waals surface area (Å²) in [6.45, 7) is 0. The topological polar surface area (TPSA) is 60.5 Å². The molecule has 1 amide bonds. The summed E-state index contributed by atoms with van der Waals surface area (Å²) in [6.07, 6.45) is -1.76. The fourth-order valence-corrected chi connectivity index (χ4v) is 3.54. The molecule has 5 nitrogen and oxygen atoms in total.